The van der Waals surface area contributed by atoms with Crippen LogP contribution in [0.3, 0.4) is 0 Å². The topological polar surface area (TPSA) is 23.8 Å². The zero-order chi connectivity index (χ0) is 10.2. The summed E-state index contributed by atoms with van der Waals surface area (Å²) in [5.74, 6) is 2.39. The van der Waals surface area contributed by atoms with E-state index < -0.39 is 0 Å². The molecule has 2 rings (SSSR count). The van der Waals surface area contributed by atoms with Crippen molar-refractivity contribution in [2.75, 3.05) is 0 Å². The summed E-state index contributed by atoms with van der Waals surface area (Å²) in [6.45, 7) is 4.71. The average Bonchev–Trinajstić information content (AvgIpc) is 2.01. The van der Waals surface area contributed by atoms with Crippen LogP contribution >= 0.6 is 0 Å². The summed E-state index contributed by atoms with van der Waals surface area (Å²) >= 11 is 0. The second-order valence-electron chi connectivity index (χ2n) is 5.74. The van der Waals surface area contributed by atoms with Crippen LogP contribution in [0.5, 0.6) is 0 Å². The largest absolute Gasteiger partial charge is 0.198 e. The van der Waals surface area contributed by atoms with Gasteiger partial charge in [0.1, 0.15) is 0 Å². The van der Waals surface area contributed by atoms with Gasteiger partial charge in [-0.25, -0.2) is 0 Å². The molecule has 0 heterocycles. The van der Waals surface area contributed by atoms with Gasteiger partial charge in [0.15, 0.2) is 0 Å². The van der Waals surface area contributed by atoms with Gasteiger partial charge in [0.05, 0.1) is 11.5 Å². The number of hydrogen-bond acceptors (Lipinski definition) is 1. The first-order valence-corrected chi connectivity index (χ1v) is 6.07. The molecule has 0 aromatic rings. The number of rotatable bonds is 1. The molecular weight excluding hydrogens is 170 g/mol. The minimum Gasteiger partial charge on any atom is -0.198 e. The zero-order valence-electron chi connectivity index (χ0n) is 9.42. The molecule has 2 fully saturated rings. The molecule has 14 heavy (non-hydrogen) atoms. The van der Waals surface area contributed by atoms with Crippen LogP contribution in [-0.4, -0.2) is 0 Å². The van der Waals surface area contributed by atoms with Gasteiger partial charge in [-0.15, -0.1) is 0 Å². The summed E-state index contributed by atoms with van der Waals surface area (Å²) < 4.78 is 0. The van der Waals surface area contributed by atoms with E-state index in [1.54, 1.807) is 0 Å². The summed E-state index contributed by atoms with van der Waals surface area (Å²) in [6, 6.07) is 2.63. The van der Waals surface area contributed by atoms with Crippen molar-refractivity contribution >= 4 is 0 Å². The van der Waals surface area contributed by atoms with Crippen molar-refractivity contribution in [3.63, 3.8) is 0 Å². The molecule has 0 radical (unpaired) electrons. The molecule has 0 bridgehead atoms. The Morgan fingerprint density at radius 1 is 1.07 bits per heavy atom. The van der Waals surface area contributed by atoms with Crippen LogP contribution in [0.4, 0.5) is 0 Å². The van der Waals surface area contributed by atoms with Crippen LogP contribution in [0, 0.1) is 34.5 Å². The highest BCUT2D eigenvalue weighted by Crippen LogP contribution is 2.53. The summed E-state index contributed by atoms with van der Waals surface area (Å²) in [5, 5.41) is 9.31. The van der Waals surface area contributed by atoms with E-state index in [1.807, 2.05) is 0 Å². The minimum atomic E-state index is 0.100. The van der Waals surface area contributed by atoms with Crippen molar-refractivity contribution in [1.82, 2.24) is 0 Å². The molecule has 1 heteroatoms. The van der Waals surface area contributed by atoms with Crippen molar-refractivity contribution in [2.45, 2.75) is 52.4 Å². The standard InChI is InChI=1S/C13H21N/c1-10-6-11(2)8-12(7-10)13(9-14)4-3-5-13/h10-12H,3-8H2,1-2H3. The molecule has 0 spiro atoms. The third-order valence-electron chi connectivity index (χ3n) is 4.43. The fourth-order valence-corrected chi connectivity index (χ4v) is 3.57. The average molecular weight is 191 g/mol. The lowest BCUT2D eigenvalue weighted by molar-refractivity contribution is 0.0512. The van der Waals surface area contributed by atoms with Crippen molar-refractivity contribution in [3.05, 3.63) is 0 Å². The molecular formula is C13H21N. The van der Waals surface area contributed by atoms with Crippen LogP contribution in [0.2, 0.25) is 0 Å². The molecule has 1 nitrogen and oxygen atoms in total. The maximum Gasteiger partial charge on any atom is 0.0692 e. The molecule has 0 saturated heterocycles. The van der Waals surface area contributed by atoms with Crippen LogP contribution < -0.4 is 0 Å². The van der Waals surface area contributed by atoms with Gasteiger partial charge in [0.2, 0.25) is 0 Å². The molecule has 0 amide bonds. The highest BCUT2D eigenvalue weighted by Gasteiger charge is 2.46. The predicted octanol–water partition coefficient (Wildman–Crippen LogP) is 3.75. The lowest BCUT2D eigenvalue weighted by Gasteiger charge is -2.46. The van der Waals surface area contributed by atoms with Crippen LogP contribution in [0.1, 0.15) is 52.4 Å². The Hall–Kier alpha value is -0.510. The zero-order valence-corrected chi connectivity index (χ0v) is 9.42. The van der Waals surface area contributed by atoms with E-state index in [1.165, 1.54) is 38.5 Å². The van der Waals surface area contributed by atoms with Crippen molar-refractivity contribution < 1.29 is 0 Å². The third kappa shape index (κ3) is 1.56. The molecule has 0 aromatic heterocycles. The Balaban J connectivity index is 2.06. The molecule has 2 unspecified atom stereocenters. The van der Waals surface area contributed by atoms with Crippen molar-refractivity contribution in [2.24, 2.45) is 23.2 Å². The van der Waals surface area contributed by atoms with Crippen molar-refractivity contribution in [3.8, 4) is 6.07 Å². The molecule has 2 atom stereocenters. The summed E-state index contributed by atoms with van der Waals surface area (Å²) in [4.78, 5) is 0. The fourth-order valence-electron chi connectivity index (χ4n) is 3.57. The first kappa shape index (κ1) is 10.0. The third-order valence-corrected chi connectivity index (χ3v) is 4.43. The highest BCUT2D eigenvalue weighted by atomic mass is 14.5. The fraction of sp³-hybridized carbons (Fsp3) is 0.923. The smallest absolute Gasteiger partial charge is 0.0692 e. The molecule has 2 aliphatic rings. The maximum absolute atomic E-state index is 9.31. The Kier molecular flexibility index (Phi) is 2.56. The summed E-state index contributed by atoms with van der Waals surface area (Å²) in [6.07, 6.45) is 7.61. The SMILES string of the molecule is CC1CC(C)CC(C2(C#N)CCC2)C1. The van der Waals surface area contributed by atoms with E-state index in [2.05, 4.69) is 19.9 Å². The van der Waals surface area contributed by atoms with E-state index in [-0.39, 0.29) is 5.41 Å². The number of hydrogen-bond donors (Lipinski definition) is 0. The van der Waals surface area contributed by atoms with E-state index in [4.69, 9.17) is 0 Å². The van der Waals surface area contributed by atoms with Gasteiger partial charge >= 0.3 is 0 Å². The first-order valence-electron chi connectivity index (χ1n) is 6.07. The Morgan fingerprint density at radius 2 is 1.64 bits per heavy atom. The van der Waals surface area contributed by atoms with Crippen LogP contribution in [-0.2, 0) is 0 Å². The Labute approximate surface area is 87.5 Å². The minimum absolute atomic E-state index is 0.100. The van der Waals surface area contributed by atoms with E-state index in [9.17, 15) is 5.26 Å². The quantitative estimate of drug-likeness (QED) is 0.619. The van der Waals surface area contributed by atoms with E-state index >= 15 is 0 Å². The van der Waals surface area contributed by atoms with Gasteiger partial charge in [0.25, 0.3) is 0 Å². The number of nitriles is 1. The van der Waals surface area contributed by atoms with Gasteiger partial charge < -0.3 is 0 Å². The molecule has 2 aliphatic carbocycles. The lowest BCUT2D eigenvalue weighted by atomic mass is 9.56. The van der Waals surface area contributed by atoms with E-state index in [0.717, 1.165) is 11.8 Å². The predicted molar refractivity (Wildman–Crippen MR) is 57.6 cm³/mol. The second kappa shape index (κ2) is 3.57. The molecule has 2 saturated carbocycles. The van der Waals surface area contributed by atoms with Crippen LogP contribution in [0.15, 0.2) is 0 Å². The molecule has 0 N–H and O–H groups in total. The summed E-state index contributed by atoms with van der Waals surface area (Å²) in [5.41, 5.74) is 0.100. The Bertz CT molecular complexity index is 236. The Morgan fingerprint density at radius 3 is 2.00 bits per heavy atom. The van der Waals surface area contributed by atoms with Crippen molar-refractivity contribution in [1.29, 1.82) is 5.26 Å². The lowest BCUT2D eigenvalue weighted by Crippen LogP contribution is -2.39. The van der Waals surface area contributed by atoms with Crippen LogP contribution in [0.25, 0.3) is 0 Å². The number of nitrogens with zero attached hydrogens (tertiary/aromatic N) is 1. The van der Waals surface area contributed by atoms with Gasteiger partial charge in [-0.2, -0.15) is 5.26 Å². The highest BCUT2D eigenvalue weighted by molar-refractivity contribution is 5.09. The second-order valence-corrected chi connectivity index (χ2v) is 5.74. The van der Waals surface area contributed by atoms with Gasteiger partial charge in [0, 0.05) is 0 Å². The first-order chi connectivity index (χ1) is 6.66. The maximum atomic E-state index is 9.31. The van der Waals surface area contributed by atoms with E-state index in [0.29, 0.717) is 5.92 Å². The van der Waals surface area contributed by atoms with Gasteiger partial charge in [-0.05, 0) is 49.9 Å². The molecule has 78 valence electrons. The molecule has 0 aliphatic heterocycles. The van der Waals surface area contributed by atoms with Gasteiger partial charge in [-0.1, -0.05) is 20.3 Å². The molecule has 0 aromatic carbocycles. The van der Waals surface area contributed by atoms with Gasteiger partial charge in [-0.3, -0.25) is 0 Å². The normalized spacial score (nSPS) is 41.1. The summed E-state index contributed by atoms with van der Waals surface area (Å²) in [7, 11) is 0. The monoisotopic (exact) mass is 191 g/mol.